The quantitative estimate of drug-likeness (QED) is 0.886. The second-order valence-corrected chi connectivity index (χ2v) is 7.16. The highest BCUT2D eigenvalue weighted by molar-refractivity contribution is 5.94. The second kappa shape index (κ2) is 7.36. The Morgan fingerprint density at radius 1 is 1.37 bits per heavy atom. The van der Waals surface area contributed by atoms with Crippen LogP contribution in [0, 0.1) is 6.92 Å². The minimum absolute atomic E-state index is 0.184. The van der Waals surface area contributed by atoms with E-state index in [1.165, 1.54) is 0 Å². The first-order valence-corrected chi connectivity index (χ1v) is 9.31. The van der Waals surface area contributed by atoms with E-state index in [0.717, 1.165) is 24.6 Å². The SMILES string of the molecule is Cc1ncccc1NC(=O)[C@@H]1Cn2ccnc2C2(CCN(CCF)CC2)O1. The van der Waals surface area contributed by atoms with E-state index in [1.807, 2.05) is 23.8 Å². The maximum atomic E-state index is 12.9. The molecule has 8 heteroatoms. The Bertz CT molecular complexity index is 816. The van der Waals surface area contributed by atoms with Gasteiger partial charge in [-0.15, -0.1) is 0 Å². The lowest BCUT2D eigenvalue weighted by Gasteiger charge is -2.45. The van der Waals surface area contributed by atoms with E-state index in [-0.39, 0.29) is 12.6 Å². The van der Waals surface area contributed by atoms with Crippen LogP contribution in [0.2, 0.25) is 0 Å². The summed E-state index contributed by atoms with van der Waals surface area (Å²) in [7, 11) is 0. The van der Waals surface area contributed by atoms with E-state index in [4.69, 9.17) is 4.74 Å². The number of rotatable bonds is 4. The van der Waals surface area contributed by atoms with Gasteiger partial charge in [-0.3, -0.25) is 9.78 Å². The number of alkyl halides is 1. The number of nitrogens with zero attached hydrogens (tertiary/aromatic N) is 4. The van der Waals surface area contributed by atoms with E-state index < -0.39 is 11.7 Å². The van der Waals surface area contributed by atoms with Crippen molar-refractivity contribution in [2.75, 3.05) is 31.6 Å². The number of aromatic nitrogens is 3. The van der Waals surface area contributed by atoms with Crippen molar-refractivity contribution in [3.8, 4) is 0 Å². The van der Waals surface area contributed by atoms with Crippen molar-refractivity contribution in [3.05, 3.63) is 42.2 Å². The fraction of sp³-hybridized carbons (Fsp3) is 0.526. The van der Waals surface area contributed by atoms with Gasteiger partial charge in [0.05, 0.1) is 17.9 Å². The Kier molecular flexibility index (Phi) is 4.92. The molecule has 1 spiro atoms. The summed E-state index contributed by atoms with van der Waals surface area (Å²) in [5.74, 6) is 0.681. The van der Waals surface area contributed by atoms with E-state index in [9.17, 15) is 9.18 Å². The lowest BCUT2D eigenvalue weighted by molar-refractivity contribution is -0.169. The lowest BCUT2D eigenvalue weighted by Crippen LogP contribution is -2.53. The van der Waals surface area contributed by atoms with Crippen molar-refractivity contribution >= 4 is 11.6 Å². The zero-order chi connectivity index (χ0) is 18.9. The summed E-state index contributed by atoms with van der Waals surface area (Å²) >= 11 is 0. The Hall–Kier alpha value is -2.32. The first-order chi connectivity index (χ1) is 13.1. The summed E-state index contributed by atoms with van der Waals surface area (Å²) in [6.45, 7) is 3.83. The van der Waals surface area contributed by atoms with Gasteiger partial charge in [0.1, 0.15) is 18.1 Å². The number of piperidine rings is 1. The van der Waals surface area contributed by atoms with Crippen molar-refractivity contribution in [1.82, 2.24) is 19.4 Å². The van der Waals surface area contributed by atoms with Crippen LogP contribution in [0.1, 0.15) is 24.4 Å². The molecule has 1 amide bonds. The monoisotopic (exact) mass is 373 g/mol. The molecule has 1 atom stereocenters. The number of anilines is 1. The highest BCUT2D eigenvalue weighted by Crippen LogP contribution is 2.40. The minimum Gasteiger partial charge on any atom is -0.352 e. The summed E-state index contributed by atoms with van der Waals surface area (Å²) in [6, 6.07) is 3.62. The third kappa shape index (κ3) is 3.46. The predicted octanol–water partition coefficient (Wildman–Crippen LogP) is 1.88. The average molecular weight is 373 g/mol. The molecule has 2 aliphatic rings. The molecule has 2 aromatic heterocycles. The van der Waals surface area contributed by atoms with Gasteiger partial charge < -0.3 is 19.5 Å². The van der Waals surface area contributed by atoms with Crippen molar-refractivity contribution in [1.29, 1.82) is 0 Å². The van der Waals surface area contributed by atoms with Crippen LogP contribution >= 0.6 is 0 Å². The molecule has 2 aromatic rings. The highest BCUT2D eigenvalue weighted by atomic mass is 19.1. The molecule has 4 rings (SSSR count). The second-order valence-electron chi connectivity index (χ2n) is 7.16. The molecule has 0 unspecified atom stereocenters. The molecule has 7 nitrogen and oxygen atoms in total. The molecule has 0 aliphatic carbocycles. The summed E-state index contributed by atoms with van der Waals surface area (Å²) in [5, 5.41) is 2.93. The number of imidazole rings is 1. The fourth-order valence-corrected chi connectivity index (χ4v) is 3.96. The summed E-state index contributed by atoms with van der Waals surface area (Å²) < 4.78 is 21.0. The predicted molar refractivity (Wildman–Crippen MR) is 98.0 cm³/mol. The smallest absolute Gasteiger partial charge is 0.255 e. The number of hydrogen-bond acceptors (Lipinski definition) is 5. The average Bonchev–Trinajstić information content (AvgIpc) is 3.15. The van der Waals surface area contributed by atoms with Crippen molar-refractivity contribution < 1.29 is 13.9 Å². The number of pyridine rings is 1. The van der Waals surface area contributed by atoms with Gasteiger partial charge in [-0.2, -0.15) is 0 Å². The maximum Gasteiger partial charge on any atom is 0.255 e. The molecule has 0 bridgehead atoms. The molecular formula is C19H24FN5O2. The molecule has 1 saturated heterocycles. The number of halogens is 1. The number of hydrogen-bond donors (Lipinski definition) is 1. The van der Waals surface area contributed by atoms with Gasteiger partial charge >= 0.3 is 0 Å². The van der Waals surface area contributed by atoms with Crippen LogP contribution in [0.5, 0.6) is 0 Å². The van der Waals surface area contributed by atoms with Gasteiger partial charge in [-0.25, -0.2) is 9.37 Å². The molecule has 27 heavy (non-hydrogen) atoms. The number of likely N-dealkylation sites (tertiary alicyclic amines) is 1. The molecule has 0 saturated carbocycles. The molecule has 0 aromatic carbocycles. The third-order valence-electron chi connectivity index (χ3n) is 5.48. The molecule has 4 heterocycles. The number of amides is 1. The van der Waals surface area contributed by atoms with Gasteiger partial charge in [-0.05, 0) is 31.9 Å². The molecule has 2 aliphatic heterocycles. The van der Waals surface area contributed by atoms with Crippen LogP contribution in [0.15, 0.2) is 30.7 Å². The Morgan fingerprint density at radius 3 is 2.93 bits per heavy atom. The number of carbonyl (C=O) groups excluding carboxylic acids is 1. The van der Waals surface area contributed by atoms with Crippen molar-refractivity contribution in [2.45, 2.75) is 38.0 Å². The standard InChI is InChI=1S/C19H24FN5O2/c1-14-15(3-2-7-21-14)23-17(26)16-13-25-12-8-22-18(25)19(27-16)4-9-24(10-5-19)11-6-20/h2-3,7-8,12,16H,4-6,9-11,13H2,1H3,(H,23,26)/t16-/m0/s1. The van der Waals surface area contributed by atoms with Crippen molar-refractivity contribution in [2.24, 2.45) is 0 Å². The summed E-state index contributed by atoms with van der Waals surface area (Å²) in [6.07, 6.45) is 6.11. The van der Waals surface area contributed by atoms with E-state index in [1.54, 1.807) is 18.5 Å². The molecular weight excluding hydrogens is 349 g/mol. The molecule has 1 N–H and O–H groups in total. The van der Waals surface area contributed by atoms with Crippen LogP contribution in [0.4, 0.5) is 10.1 Å². The lowest BCUT2D eigenvalue weighted by atomic mass is 9.88. The largest absolute Gasteiger partial charge is 0.352 e. The van der Waals surface area contributed by atoms with Crippen LogP contribution < -0.4 is 5.32 Å². The summed E-state index contributed by atoms with van der Waals surface area (Å²) in [5.41, 5.74) is 0.856. The number of carbonyl (C=O) groups is 1. The maximum absolute atomic E-state index is 12.9. The van der Waals surface area contributed by atoms with E-state index >= 15 is 0 Å². The number of nitrogens with one attached hydrogen (secondary N) is 1. The first kappa shape index (κ1) is 18.1. The van der Waals surface area contributed by atoms with Gasteiger partial charge in [0.2, 0.25) is 0 Å². The van der Waals surface area contributed by atoms with Gasteiger partial charge in [0.25, 0.3) is 5.91 Å². The normalized spacial score (nSPS) is 21.8. The van der Waals surface area contributed by atoms with Crippen LogP contribution in [0.3, 0.4) is 0 Å². The third-order valence-corrected chi connectivity index (χ3v) is 5.48. The van der Waals surface area contributed by atoms with Crippen molar-refractivity contribution in [3.63, 3.8) is 0 Å². The Balaban J connectivity index is 1.53. The highest BCUT2D eigenvalue weighted by Gasteiger charge is 2.47. The molecule has 1 fully saturated rings. The molecule has 144 valence electrons. The fourth-order valence-electron chi connectivity index (χ4n) is 3.96. The van der Waals surface area contributed by atoms with Crippen LogP contribution in [-0.2, 0) is 21.7 Å². The molecule has 0 radical (unpaired) electrons. The first-order valence-electron chi connectivity index (χ1n) is 9.31. The minimum atomic E-state index is -0.612. The zero-order valence-electron chi connectivity index (χ0n) is 15.4. The van der Waals surface area contributed by atoms with Crippen LogP contribution in [0.25, 0.3) is 0 Å². The zero-order valence-corrected chi connectivity index (χ0v) is 15.4. The van der Waals surface area contributed by atoms with E-state index in [2.05, 4.69) is 20.2 Å². The Labute approximate surface area is 157 Å². The van der Waals surface area contributed by atoms with Crippen LogP contribution in [-0.4, -0.2) is 57.8 Å². The number of fused-ring (bicyclic) bond motifs is 2. The Morgan fingerprint density at radius 2 is 2.19 bits per heavy atom. The van der Waals surface area contributed by atoms with Gasteiger partial charge in [-0.1, -0.05) is 0 Å². The topological polar surface area (TPSA) is 72.3 Å². The summed E-state index contributed by atoms with van der Waals surface area (Å²) in [4.78, 5) is 23.7. The number of aryl methyl sites for hydroxylation is 1. The van der Waals surface area contributed by atoms with Gasteiger partial charge in [0, 0.05) is 38.2 Å². The number of ether oxygens (including phenoxy) is 1. The van der Waals surface area contributed by atoms with E-state index in [0.29, 0.717) is 31.6 Å². The van der Waals surface area contributed by atoms with Gasteiger partial charge in [0.15, 0.2) is 6.10 Å².